The van der Waals surface area contributed by atoms with Gasteiger partial charge in [0.1, 0.15) is 5.75 Å². The highest BCUT2D eigenvalue weighted by Crippen LogP contribution is 2.34. The predicted molar refractivity (Wildman–Crippen MR) is 94.4 cm³/mol. The van der Waals surface area contributed by atoms with Crippen molar-refractivity contribution in [3.05, 3.63) is 60.2 Å². The fourth-order valence-corrected chi connectivity index (χ4v) is 3.38. The SMILES string of the molecule is OC1CC(c2nc(-c3ccncc3)no2)N(Cc2cccc(OC(F)(F)F)c2)C1. The second-order valence-corrected chi connectivity index (χ2v) is 6.72. The normalized spacial score (nSPS) is 20.1. The Labute approximate surface area is 163 Å². The van der Waals surface area contributed by atoms with Crippen molar-refractivity contribution in [1.82, 2.24) is 20.0 Å². The lowest BCUT2D eigenvalue weighted by molar-refractivity contribution is -0.274. The van der Waals surface area contributed by atoms with Crippen molar-refractivity contribution >= 4 is 0 Å². The van der Waals surface area contributed by atoms with Gasteiger partial charge in [0.2, 0.25) is 11.7 Å². The van der Waals surface area contributed by atoms with E-state index in [0.717, 1.165) is 5.56 Å². The van der Waals surface area contributed by atoms with Crippen LogP contribution < -0.4 is 4.74 Å². The number of aliphatic hydroxyl groups is 1. The van der Waals surface area contributed by atoms with E-state index >= 15 is 0 Å². The maximum absolute atomic E-state index is 12.5. The van der Waals surface area contributed by atoms with E-state index in [0.29, 0.717) is 36.8 Å². The van der Waals surface area contributed by atoms with E-state index in [1.165, 1.54) is 18.2 Å². The average molecular weight is 406 g/mol. The summed E-state index contributed by atoms with van der Waals surface area (Å²) in [6, 6.07) is 8.91. The highest BCUT2D eigenvalue weighted by atomic mass is 19.4. The minimum absolute atomic E-state index is 0.288. The molecule has 1 aliphatic heterocycles. The van der Waals surface area contributed by atoms with E-state index < -0.39 is 12.5 Å². The molecule has 1 saturated heterocycles. The molecule has 2 atom stereocenters. The van der Waals surface area contributed by atoms with E-state index in [-0.39, 0.29) is 11.8 Å². The lowest BCUT2D eigenvalue weighted by atomic mass is 10.1. The Hall–Kier alpha value is -2.98. The molecule has 10 heteroatoms. The number of likely N-dealkylation sites (tertiary alicyclic amines) is 1. The number of aromatic nitrogens is 3. The van der Waals surface area contributed by atoms with Crippen molar-refractivity contribution in [3.63, 3.8) is 0 Å². The number of β-amino-alcohol motifs (C(OH)–C–C–N with tert-alkyl or cyclic N) is 1. The van der Waals surface area contributed by atoms with Crippen molar-refractivity contribution in [2.45, 2.75) is 31.5 Å². The molecule has 0 spiro atoms. The largest absolute Gasteiger partial charge is 0.573 e. The highest BCUT2D eigenvalue weighted by Gasteiger charge is 2.36. The van der Waals surface area contributed by atoms with E-state index in [1.54, 1.807) is 30.6 Å². The van der Waals surface area contributed by atoms with Gasteiger partial charge < -0.3 is 14.4 Å². The molecule has 1 aromatic carbocycles. The maximum Gasteiger partial charge on any atom is 0.573 e. The van der Waals surface area contributed by atoms with Crippen molar-refractivity contribution < 1.29 is 27.5 Å². The van der Waals surface area contributed by atoms with Gasteiger partial charge in [-0.2, -0.15) is 4.98 Å². The number of ether oxygens (including phenoxy) is 1. The molecule has 0 amide bonds. The second-order valence-electron chi connectivity index (χ2n) is 6.72. The Morgan fingerprint density at radius 2 is 2.00 bits per heavy atom. The van der Waals surface area contributed by atoms with Crippen LogP contribution in [0.2, 0.25) is 0 Å². The molecule has 4 rings (SSSR count). The number of hydrogen-bond donors (Lipinski definition) is 1. The molecular formula is C19H17F3N4O3. The standard InChI is InChI=1S/C19H17F3N4O3/c20-19(21,22)28-15-3-1-2-12(8-15)10-26-11-14(27)9-16(26)18-24-17(25-29-18)13-4-6-23-7-5-13/h1-8,14,16,27H,9-11H2. The van der Waals surface area contributed by atoms with Crippen LogP contribution in [0.3, 0.4) is 0 Å². The van der Waals surface area contributed by atoms with Crippen LogP contribution in [0.25, 0.3) is 11.4 Å². The van der Waals surface area contributed by atoms with Gasteiger partial charge >= 0.3 is 6.36 Å². The van der Waals surface area contributed by atoms with Crippen LogP contribution in [0.5, 0.6) is 5.75 Å². The predicted octanol–water partition coefficient (Wildman–Crippen LogP) is 3.34. The number of nitrogens with zero attached hydrogens (tertiary/aromatic N) is 4. The minimum atomic E-state index is -4.75. The Morgan fingerprint density at radius 1 is 1.21 bits per heavy atom. The first-order valence-electron chi connectivity index (χ1n) is 8.88. The van der Waals surface area contributed by atoms with Gasteiger partial charge in [0.15, 0.2) is 0 Å². The highest BCUT2D eigenvalue weighted by molar-refractivity contribution is 5.52. The molecule has 7 nitrogen and oxygen atoms in total. The molecule has 0 bridgehead atoms. The first kappa shape index (κ1) is 19.3. The molecule has 2 unspecified atom stereocenters. The summed E-state index contributed by atoms with van der Waals surface area (Å²) in [6.07, 6.45) is -1.74. The third kappa shape index (κ3) is 4.72. The molecule has 29 heavy (non-hydrogen) atoms. The molecular weight excluding hydrogens is 389 g/mol. The van der Waals surface area contributed by atoms with Crippen molar-refractivity contribution in [1.29, 1.82) is 0 Å². The first-order chi connectivity index (χ1) is 13.9. The molecule has 1 N–H and O–H groups in total. The van der Waals surface area contributed by atoms with Crippen LogP contribution in [0.4, 0.5) is 13.2 Å². The summed E-state index contributed by atoms with van der Waals surface area (Å²) < 4.78 is 46.8. The number of halogens is 3. The summed E-state index contributed by atoms with van der Waals surface area (Å²) in [5.74, 6) is 0.462. The van der Waals surface area contributed by atoms with E-state index in [9.17, 15) is 18.3 Å². The van der Waals surface area contributed by atoms with Crippen molar-refractivity contribution in [3.8, 4) is 17.1 Å². The average Bonchev–Trinajstić information content (AvgIpc) is 3.28. The van der Waals surface area contributed by atoms with Crippen molar-refractivity contribution in [2.75, 3.05) is 6.54 Å². The monoisotopic (exact) mass is 406 g/mol. The minimum Gasteiger partial charge on any atom is -0.406 e. The summed E-state index contributed by atoms with van der Waals surface area (Å²) in [7, 11) is 0. The van der Waals surface area contributed by atoms with Crippen LogP contribution in [0.1, 0.15) is 23.9 Å². The summed E-state index contributed by atoms with van der Waals surface area (Å²) in [5.41, 5.74) is 1.36. The van der Waals surface area contributed by atoms with Gasteiger partial charge in [-0.3, -0.25) is 9.88 Å². The maximum atomic E-state index is 12.5. The molecule has 0 radical (unpaired) electrons. The Balaban J connectivity index is 1.52. The van der Waals surface area contributed by atoms with Gasteiger partial charge in [-0.1, -0.05) is 17.3 Å². The fourth-order valence-electron chi connectivity index (χ4n) is 3.38. The first-order valence-corrected chi connectivity index (χ1v) is 8.88. The van der Waals surface area contributed by atoms with Gasteiger partial charge in [0.25, 0.3) is 0 Å². The number of benzene rings is 1. The number of rotatable bonds is 5. The molecule has 1 aliphatic rings. The van der Waals surface area contributed by atoms with Gasteiger partial charge in [-0.25, -0.2) is 0 Å². The third-order valence-corrected chi connectivity index (χ3v) is 4.56. The third-order valence-electron chi connectivity index (χ3n) is 4.56. The van der Waals surface area contributed by atoms with E-state index in [2.05, 4.69) is 19.9 Å². The second kappa shape index (κ2) is 7.80. The topological polar surface area (TPSA) is 84.5 Å². The Kier molecular flexibility index (Phi) is 5.20. The van der Waals surface area contributed by atoms with Crippen LogP contribution in [-0.2, 0) is 6.54 Å². The summed E-state index contributed by atoms with van der Waals surface area (Å²) >= 11 is 0. The van der Waals surface area contributed by atoms with Gasteiger partial charge in [0, 0.05) is 31.0 Å². The molecule has 0 saturated carbocycles. The smallest absolute Gasteiger partial charge is 0.406 e. The van der Waals surface area contributed by atoms with Crippen LogP contribution >= 0.6 is 0 Å². The zero-order valence-corrected chi connectivity index (χ0v) is 15.1. The molecule has 3 heterocycles. The van der Waals surface area contributed by atoms with Crippen LogP contribution in [0.15, 0.2) is 53.3 Å². The van der Waals surface area contributed by atoms with Crippen molar-refractivity contribution in [2.24, 2.45) is 0 Å². The molecule has 152 valence electrons. The zero-order valence-electron chi connectivity index (χ0n) is 15.1. The molecule has 3 aromatic rings. The summed E-state index contributed by atoms with van der Waals surface area (Å²) in [6.45, 7) is 0.631. The number of alkyl halides is 3. The molecule has 2 aromatic heterocycles. The number of pyridine rings is 1. The lowest BCUT2D eigenvalue weighted by Crippen LogP contribution is -2.24. The summed E-state index contributed by atoms with van der Waals surface area (Å²) in [4.78, 5) is 10.3. The Bertz CT molecular complexity index is 965. The quantitative estimate of drug-likeness (QED) is 0.696. The molecule has 1 fully saturated rings. The lowest BCUT2D eigenvalue weighted by Gasteiger charge is -2.21. The van der Waals surface area contributed by atoms with E-state index in [4.69, 9.17) is 4.52 Å². The Morgan fingerprint density at radius 3 is 2.76 bits per heavy atom. The van der Waals surface area contributed by atoms with Crippen LogP contribution in [-0.4, -0.2) is 44.1 Å². The number of hydrogen-bond acceptors (Lipinski definition) is 7. The fraction of sp³-hybridized carbons (Fsp3) is 0.316. The van der Waals surface area contributed by atoms with Gasteiger partial charge in [-0.05, 0) is 36.2 Å². The summed E-state index contributed by atoms with van der Waals surface area (Å²) in [5, 5.41) is 14.1. The van der Waals surface area contributed by atoms with Gasteiger partial charge in [0.05, 0.1) is 12.1 Å². The molecule has 0 aliphatic carbocycles. The van der Waals surface area contributed by atoms with E-state index in [1.807, 2.05) is 4.90 Å². The number of aliphatic hydroxyl groups excluding tert-OH is 1. The van der Waals surface area contributed by atoms with Crippen LogP contribution in [0, 0.1) is 0 Å². The zero-order chi connectivity index (χ0) is 20.4. The van der Waals surface area contributed by atoms with Gasteiger partial charge in [-0.15, -0.1) is 13.2 Å².